The van der Waals surface area contributed by atoms with Gasteiger partial charge in [0.1, 0.15) is 5.82 Å². The van der Waals surface area contributed by atoms with Crippen molar-refractivity contribution in [3.05, 3.63) is 11.9 Å². The minimum absolute atomic E-state index is 0.549. The van der Waals surface area contributed by atoms with Gasteiger partial charge in [-0.15, -0.1) is 0 Å². The van der Waals surface area contributed by atoms with E-state index in [9.17, 15) is 0 Å². The molecule has 0 unspecified atom stereocenters. The molecule has 0 atom stereocenters. The molecule has 0 aromatic rings. The van der Waals surface area contributed by atoms with Gasteiger partial charge in [0.2, 0.25) is 0 Å². The molecule has 0 fully saturated rings. The summed E-state index contributed by atoms with van der Waals surface area (Å²) in [6, 6.07) is 1.89. The molecule has 3 heteroatoms. The Morgan fingerprint density at radius 1 is 1.60 bits per heavy atom. The monoisotopic (exact) mass is 139 g/mol. The van der Waals surface area contributed by atoms with Gasteiger partial charge in [-0.05, 0) is 13.8 Å². The largest absolute Gasteiger partial charge is 0.385 e. The lowest BCUT2D eigenvalue weighted by molar-refractivity contribution is 0.378. The fourth-order valence-electron chi connectivity index (χ4n) is 0.746. The highest BCUT2D eigenvalue weighted by Crippen LogP contribution is 1.94. The lowest BCUT2D eigenvalue weighted by atomic mass is 10.4. The van der Waals surface area contributed by atoms with Crippen LogP contribution in [0.25, 0.3) is 0 Å². The Hall–Kier alpha value is -1.17. The first-order valence-electron chi connectivity index (χ1n) is 3.36. The van der Waals surface area contributed by atoms with Crippen molar-refractivity contribution in [2.24, 2.45) is 5.73 Å². The second-order valence-electron chi connectivity index (χ2n) is 1.87. The van der Waals surface area contributed by atoms with Gasteiger partial charge in [0.05, 0.1) is 12.1 Å². The molecule has 0 aliphatic carbocycles. The van der Waals surface area contributed by atoms with E-state index in [4.69, 9.17) is 11.0 Å². The van der Waals surface area contributed by atoms with Crippen LogP contribution in [0.2, 0.25) is 0 Å². The van der Waals surface area contributed by atoms with Crippen LogP contribution in [0.5, 0.6) is 0 Å². The van der Waals surface area contributed by atoms with Crippen LogP contribution >= 0.6 is 0 Å². The number of hydrogen-bond donors (Lipinski definition) is 1. The number of nitriles is 1. The van der Waals surface area contributed by atoms with Crippen LogP contribution in [-0.2, 0) is 0 Å². The molecule has 0 aliphatic heterocycles. The second-order valence-corrected chi connectivity index (χ2v) is 1.87. The van der Waals surface area contributed by atoms with Crippen molar-refractivity contribution < 1.29 is 0 Å². The maximum atomic E-state index is 8.24. The molecule has 2 N–H and O–H groups in total. The molecule has 0 heterocycles. The summed E-state index contributed by atoms with van der Waals surface area (Å²) in [5.41, 5.74) is 5.51. The summed E-state index contributed by atoms with van der Waals surface area (Å²) < 4.78 is 0. The number of nitrogens with two attached hydrogens (primary N) is 1. The molecule has 0 saturated carbocycles. The second kappa shape index (κ2) is 4.68. The molecule has 0 aromatic carbocycles. The Labute approximate surface area is 61.7 Å². The molecule has 0 aliphatic rings. The fraction of sp³-hybridized carbons (Fsp3) is 0.571. The van der Waals surface area contributed by atoms with Gasteiger partial charge in [0.15, 0.2) is 0 Å². The lowest BCUT2D eigenvalue weighted by Gasteiger charge is -2.19. The normalized spacial score (nSPS) is 10.7. The molecule has 56 valence electrons. The van der Waals surface area contributed by atoms with E-state index in [1.165, 1.54) is 6.08 Å². The van der Waals surface area contributed by atoms with Crippen molar-refractivity contribution in [2.75, 3.05) is 13.1 Å². The van der Waals surface area contributed by atoms with Gasteiger partial charge >= 0.3 is 0 Å². The Morgan fingerprint density at radius 2 is 2.10 bits per heavy atom. The quantitative estimate of drug-likeness (QED) is 0.584. The molecule has 10 heavy (non-hydrogen) atoms. The van der Waals surface area contributed by atoms with E-state index in [0.29, 0.717) is 5.82 Å². The van der Waals surface area contributed by atoms with Crippen LogP contribution < -0.4 is 5.73 Å². The minimum atomic E-state index is 0.549. The van der Waals surface area contributed by atoms with Crippen molar-refractivity contribution in [2.45, 2.75) is 13.8 Å². The molecular weight excluding hydrogens is 126 g/mol. The molecule has 0 aromatic heterocycles. The minimum Gasteiger partial charge on any atom is -0.385 e. The summed E-state index contributed by atoms with van der Waals surface area (Å²) in [6.45, 7) is 5.70. The van der Waals surface area contributed by atoms with Crippen LogP contribution in [0.4, 0.5) is 0 Å². The summed E-state index contributed by atoms with van der Waals surface area (Å²) in [5.74, 6) is 0.549. The summed E-state index contributed by atoms with van der Waals surface area (Å²) >= 11 is 0. The molecule has 0 amide bonds. The van der Waals surface area contributed by atoms with Gasteiger partial charge < -0.3 is 10.6 Å². The van der Waals surface area contributed by atoms with Gasteiger partial charge in [-0.3, -0.25) is 0 Å². The molecule has 0 saturated heterocycles. The Balaban J connectivity index is 4.04. The van der Waals surface area contributed by atoms with E-state index in [2.05, 4.69) is 0 Å². The maximum Gasteiger partial charge on any atom is 0.109 e. The van der Waals surface area contributed by atoms with E-state index in [0.717, 1.165) is 13.1 Å². The van der Waals surface area contributed by atoms with Gasteiger partial charge in [-0.25, -0.2) is 0 Å². The lowest BCUT2D eigenvalue weighted by Crippen LogP contribution is -2.27. The summed E-state index contributed by atoms with van der Waals surface area (Å²) in [6.07, 6.45) is 1.35. The van der Waals surface area contributed by atoms with Crippen molar-refractivity contribution >= 4 is 0 Å². The Bertz CT molecular complexity index is 151. The van der Waals surface area contributed by atoms with Gasteiger partial charge in [-0.1, -0.05) is 0 Å². The number of hydrogen-bond acceptors (Lipinski definition) is 3. The van der Waals surface area contributed by atoms with Crippen molar-refractivity contribution in [1.29, 1.82) is 5.26 Å². The van der Waals surface area contributed by atoms with E-state index < -0.39 is 0 Å². The summed E-state index contributed by atoms with van der Waals surface area (Å²) in [5, 5.41) is 8.24. The highest BCUT2D eigenvalue weighted by Gasteiger charge is 1.97. The van der Waals surface area contributed by atoms with Gasteiger partial charge in [0, 0.05) is 13.1 Å². The van der Waals surface area contributed by atoms with Crippen molar-refractivity contribution in [1.82, 2.24) is 4.90 Å². The predicted molar refractivity (Wildman–Crippen MR) is 40.8 cm³/mol. The Kier molecular flexibility index (Phi) is 4.14. The highest BCUT2D eigenvalue weighted by molar-refractivity contribution is 5.09. The van der Waals surface area contributed by atoms with Crippen molar-refractivity contribution in [3.8, 4) is 6.07 Å². The highest BCUT2D eigenvalue weighted by atomic mass is 15.2. The smallest absolute Gasteiger partial charge is 0.109 e. The third-order valence-corrected chi connectivity index (χ3v) is 1.34. The first-order chi connectivity index (χ1) is 4.76. The molecular formula is C7H13N3. The van der Waals surface area contributed by atoms with E-state index in [-0.39, 0.29) is 0 Å². The molecule has 3 nitrogen and oxygen atoms in total. The average molecular weight is 139 g/mol. The Morgan fingerprint density at radius 3 is 2.40 bits per heavy atom. The molecule has 0 radical (unpaired) electrons. The average Bonchev–Trinajstić information content (AvgIpc) is 1.91. The maximum absolute atomic E-state index is 8.24. The fourth-order valence-corrected chi connectivity index (χ4v) is 0.746. The standard InChI is InChI=1S/C7H13N3/c1-3-10(4-2)7(9)5-6-8/h5H,3-4,9H2,1-2H3/b7-5-. The summed E-state index contributed by atoms with van der Waals surface area (Å²) in [7, 11) is 0. The first kappa shape index (κ1) is 8.83. The van der Waals surface area contributed by atoms with Gasteiger partial charge in [-0.2, -0.15) is 5.26 Å². The van der Waals surface area contributed by atoms with E-state index in [1.54, 1.807) is 0 Å². The topological polar surface area (TPSA) is 53.0 Å². The zero-order chi connectivity index (χ0) is 7.98. The molecule has 0 rings (SSSR count). The molecule has 0 bridgehead atoms. The molecule has 0 spiro atoms. The van der Waals surface area contributed by atoms with Crippen LogP contribution in [0.1, 0.15) is 13.8 Å². The van der Waals surface area contributed by atoms with Crippen LogP contribution in [0.15, 0.2) is 11.9 Å². The zero-order valence-electron chi connectivity index (χ0n) is 6.46. The number of allylic oxidation sites excluding steroid dienone is 1. The third kappa shape index (κ3) is 2.40. The van der Waals surface area contributed by atoms with E-state index >= 15 is 0 Å². The van der Waals surface area contributed by atoms with Crippen LogP contribution in [0, 0.1) is 11.3 Å². The van der Waals surface area contributed by atoms with Crippen molar-refractivity contribution in [3.63, 3.8) is 0 Å². The van der Waals surface area contributed by atoms with Gasteiger partial charge in [0.25, 0.3) is 0 Å². The van der Waals surface area contributed by atoms with Crippen LogP contribution in [-0.4, -0.2) is 18.0 Å². The van der Waals surface area contributed by atoms with Crippen LogP contribution in [0.3, 0.4) is 0 Å². The zero-order valence-corrected chi connectivity index (χ0v) is 6.46. The summed E-state index contributed by atoms with van der Waals surface area (Å²) in [4.78, 5) is 1.92. The predicted octanol–water partition coefficient (Wildman–Crippen LogP) is 0.652. The SMILES string of the molecule is CCN(CC)/C(N)=C\C#N. The number of nitrogens with zero attached hydrogens (tertiary/aromatic N) is 2. The van der Waals surface area contributed by atoms with E-state index in [1.807, 2.05) is 24.8 Å². The number of rotatable bonds is 3. The first-order valence-corrected chi connectivity index (χ1v) is 3.36. The third-order valence-electron chi connectivity index (χ3n) is 1.34.